The highest BCUT2D eigenvalue weighted by Gasteiger charge is 2.35. The number of aryl methyl sites for hydroxylation is 2. The molecule has 0 aliphatic carbocycles. The minimum absolute atomic E-state index is 0.220. The zero-order valence-electron chi connectivity index (χ0n) is 25.2. The van der Waals surface area contributed by atoms with Crippen LogP contribution in [0.15, 0.2) is 75.5 Å². The average molecular weight is 663 g/mol. The first kappa shape index (κ1) is 30.7. The van der Waals surface area contributed by atoms with Crippen molar-refractivity contribution in [2.24, 2.45) is 0 Å². The summed E-state index contributed by atoms with van der Waals surface area (Å²) in [5.74, 6) is 2.39. The molecule has 2 N–H and O–H groups in total. The standard InChI is InChI=1S/C33H36BrN5O3S/c1-7-15-43-33-37-32-35-22(5)28(31(40)36-26-14-10-12-19(2)21(26)4)29(39(32)38-33)24-16-25(34)30(27(17-24)41-6)42-18-23-13-9-8-11-20(23)3/h8-14,16-17,29H,7,15,18H2,1-6H3,(H,36,40)(H,35,37,38). The largest absolute Gasteiger partial charge is 0.493 e. The van der Waals surface area contributed by atoms with Crippen LogP contribution in [-0.2, 0) is 11.4 Å². The Labute approximate surface area is 265 Å². The van der Waals surface area contributed by atoms with Gasteiger partial charge in [-0.25, -0.2) is 4.68 Å². The van der Waals surface area contributed by atoms with Gasteiger partial charge in [-0.3, -0.25) is 4.79 Å². The highest BCUT2D eigenvalue weighted by Crippen LogP contribution is 2.43. The van der Waals surface area contributed by atoms with E-state index in [-0.39, 0.29) is 5.91 Å². The number of rotatable bonds is 10. The van der Waals surface area contributed by atoms with E-state index in [0.29, 0.717) is 45.0 Å². The summed E-state index contributed by atoms with van der Waals surface area (Å²) in [4.78, 5) is 18.8. The minimum atomic E-state index is -0.569. The summed E-state index contributed by atoms with van der Waals surface area (Å²) in [6, 6.07) is 17.3. The summed E-state index contributed by atoms with van der Waals surface area (Å²) in [5, 5.41) is 12.0. The third kappa shape index (κ3) is 6.45. The maximum absolute atomic E-state index is 14.1. The number of amides is 1. The molecule has 1 aliphatic heterocycles. The Morgan fingerprint density at radius 2 is 1.86 bits per heavy atom. The second-order valence-electron chi connectivity index (χ2n) is 10.5. The number of ether oxygens (including phenoxy) is 2. The quantitative estimate of drug-likeness (QED) is 0.167. The van der Waals surface area contributed by atoms with Crippen molar-refractivity contribution in [1.82, 2.24) is 14.8 Å². The molecule has 1 aliphatic rings. The number of carbonyl (C=O) groups excluding carboxylic acids is 1. The van der Waals surface area contributed by atoms with E-state index in [2.05, 4.69) is 46.5 Å². The van der Waals surface area contributed by atoms with Crippen molar-refractivity contribution in [3.63, 3.8) is 0 Å². The number of benzene rings is 3. The molecule has 5 rings (SSSR count). The van der Waals surface area contributed by atoms with Crippen molar-refractivity contribution in [2.45, 2.75) is 58.8 Å². The third-order valence-corrected chi connectivity index (χ3v) is 9.20. The van der Waals surface area contributed by atoms with Gasteiger partial charge in [-0.15, -0.1) is 5.10 Å². The molecular formula is C33H36BrN5O3S. The van der Waals surface area contributed by atoms with E-state index in [1.54, 1.807) is 23.6 Å². The van der Waals surface area contributed by atoms with Crippen LogP contribution in [0.4, 0.5) is 11.6 Å². The number of hydrogen-bond donors (Lipinski definition) is 2. The number of nitrogens with one attached hydrogen (secondary N) is 2. The van der Waals surface area contributed by atoms with Gasteiger partial charge in [0.15, 0.2) is 11.5 Å². The molecule has 0 saturated carbocycles. The van der Waals surface area contributed by atoms with Crippen LogP contribution >= 0.6 is 27.7 Å². The molecule has 3 aromatic carbocycles. The van der Waals surface area contributed by atoms with Gasteiger partial charge in [-0.1, -0.05) is 55.1 Å². The Hall–Kier alpha value is -3.76. The number of carbonyl (C=O) groups is 1. The molecule has 0 spiro atoms. The first-order valence-corrected chi connectivity index (χ1v) is 16.0. The fourth-order valence-electron chi connectivity index (χ4n) is 5.02. The van der Waals surface area contributed by atoms with Crippen LogP contribution in [0.1, 0.15) is 54.1 Å². The molecule has 0 fully saturated rings. The van der Waals surface area contributed by atoms with Gasteiger partial charge in [-0.05, 0) is 96.1 Å². The molecule has 0 radical (unpaired) electrons. The third-order valence-electron chi connectivity index (χ3n) is 7.57. The van der Waals surface area contributed by atoms with Gasteiger partial charge in [-0.2, -0.15) is 4.98 Å². The molecule has 1 aromatic heterocycles. The molecule has 8 nitrogen and oxygen atoms in total. The number of hydrogen-bond acceptors (Lipinski definition) is 7. The lowest BCUT2D eigenvalue weighted by atomic mass is 9.94. The summed E-state index contributed by atoms with van der Waals surface area (Å²) in [7, 11) is 1.62. The van der Waals surface area contributed by atoms with Crippen molar-refractivity contribution in [2.75, 3.05) is 23.5 Å². The predicted octanol–water partition coefficient (Wildman–Crippen LogP) is 7.98. The highest BCUT2D eigenvalue weighted by molar-refractivity contribution is 9.10. The SMILES string of the molecule is CCCSc1nc2n(n1)C(c1cc(Br)c(OCc3ccccc3C)c(OC)c1)C(C(=O)Nc1cccc(C)c1C)=C(C)N2. The molecule has 10 heteroatoms. The molecule has 43 heavy (non-hydrogen) atoms. The summed E-state index contributed by atoms with van der Waals surface area (Å²) < 4.78 is 14.6. The fourth-order valence-corrected chi connectivity index (χ4v) is 6.28. The Morgan fingerprint density at radius 3 is 2.60 bits per heavy atom. The van der Waals surface area contributed by atoms with Gasteiger partial charge in [0.2, 0.25) is 11.1 Å². The molecule has 224 valence electrons. The summed E-state index contributed by atoms with van der Waals surface area (Å²) >= 11 is 5.32. The number of anilines is 2. The Balaban J connectivity index is 1.57. The molecule has 0 bridgehead atoms. The fraction of sp³-hybridized carbons (Fsp3) is 0.303. The Morgan fingerprint density at radius 1 is 1.09 bits per heavy atom. The number of methoxy groups -OCH3 is 1. The van der Waals surface area contributed by atoms with Crippen LogP contribution in [0.5, 0.6) is 11.5 Å². The van der Waals surface area contributed by atoms with Crippen molar-refractivity contribution in [3.8, 4) is 11.5 Å². The number of allylic oxidation sites excluding steroid dienone is 1. The van der Waals surface area contributed by atoms with Crippen LogP contribution in [0, 0.1) is 20.8 Å². The molecule has 1 unspecified atom stereocenters. The van der Waals surface area contributed by atoms with Crippen LogP contribution < -0.4 is 20.1 Å². The highest BCUT2D eigenvalue weighted by atomic mass is 79.9. The monoisotopic (exact) mass is 661 g/mol. The average Bonchev–Trinajstić information content (AvgIpc) is 3.39. The van der Waals surface area contributed by atoms with E-state index in [4.69, 9.17) is 19.6 Å². The number of fused-ring (bicyclic) bond motifs is 1. The number of thioether (sulfide) groups is 1. The zero-order chi connectivity index (χ0) is 30.7. The number of aromatic nitrogens is 3. The zero-order valence-corrected chi connectivity index (χ0v) is 27.6. The normalized spacial score (nSPS) is 14.3. The van der Waals surface area contributed by atoms with Crippen molar-refractivity contribution in [3.05, 3.63) is 98.2 Å². The van der Waals surface area contributed by atoms with E-state index in [1.807, 2.05) is 69.3 Å². The van der Waals surface area contributed by atoms with Crippen LogP contribution in [0.25, 0.3) is 0 Å². The molecule has 1 amide bonds. The molecular weight excluding hydrogens is 626 g/mol. The minimum Gasteiger partial charge on any atom is -0.493 e. The van der Waals surface area contributed by atoms with E-state index in [1.165, 1.54) is 0 Å². The van der Waals surface area contributed by atoms with Crippen LogP contribution in [0.3, 0.4) is 0 Å². The summed E-state index contributed by atoms with van der Waals surface area (Å²) in [6.45, 7) is 10.5. The van der Waals surface area contributed by atoms with E-state index < -0.39 is 6.04 Å². The maximum atomic E-state index is 14.1. The Kier molecular flexibility index (Phi) is 9.46. The van der Waals surface area contributed by atoms with Gasteiger partial charge < -0.3 is 20.1 Å². The smallest absolute Gasteiger partial charge is 0.255 e. The van der Waals surface area contributed by atoms with E-state index >= 15 is 0 Å². The maximum Gasteiger partial charge on any atom is 0.255 e. The molecule has 1 atom stereocenters. The number of halogens is 1. The predicted molar refractivity (Wildman–Crippen MR) is 176 cm³/mol. The van der Waals surface area contributed by atoms with E-state index in [9.17, 15) is 4.79 Å². The van der Waals surface area contributed by atoms with Gasteiger partial charge in [0.1, 0.15) is 12.6 Å². The van der Waals surface area contributed by atoms with Crippen molar-refractivity contribution in [1.29, 1.82) is 0 Å². The van der Waals surface area contributed by atoms with Gasteiger partial charge in [0.05, 0.1) is 17.2 Å². The topological polar surface area (TPSA) is 90.3 Å². The summed E-state index contributed by atoms with van der Waals surface area (Å²) in [5.41, 5.74) is 7.18. The van der Waals surface area contributed by atoms with E-state index in [0.717, 1.165) is 45.7 Å². The Bertz CT molecular complexity index is 1700. The first-order valence-electron chi connectivity index (χ1n) is 14.2. The summed E-state index contributed by atoms with van der Waals surface area (Å²) in [6.07, 6.45) is 1.00. The van der Waals surface area contributed by atoms with Crippen LogP contribution in [-0.4, -0.2) is 33.5 Å². The van der Waals surface area contributed by atoms with Crippen molar-refractivity contribution >= 4 is 45.2 Å². The second-order valence-corrected chi connectivity index (χ2v) is 12.4. The lowest BCUT2D eigenvalue weighted by Gasteiger charge is -2.29. The lowest BCUT2D eigenvalue weighted by Crippen LogP contribution is -2.31. The van der Waals surface area contributed by atoms with Gasteiger partial charge in [0, 0.05) is 17.1 Å². The van der Waals surface area contributed by atoms with Gasteiger partial charge >= 0.3 is 0 Å². The molecule has 0 saturated heterocycles. The first-order chi connectivity index (χ1) is 20.7. The lowest BCUT2D eigenvalue weighted by molar-refractivity contribution is -0.113. The second kappa shape index (κ2) is 13.3. The molecule has 4 aromatic rings. The number of nitrogens with zero attached hydrogens (tertiary/aromatic N) is 3. The van der Waals surface area contributed by atoms with Crippen LogP contribution in [0.2, 0.25) is 0 Å². The molecule has 2 heterocycles. The van der Waals surface area contributed by atoms with Gasteiger partial charge in [0.25, 0.3) is 5.91 Å². The van der Waals surface area contributed by atoms with Crippen molar-refractivity contribution < 1.29 is 14.3 Å².